The van der Waals surface area contributed by atoms with Crippen molar-refractivity contribution in [3.05, 3.63) is 54.0 Å². The molecule has 1 amide bonds. The number of carbonyl (C=O) groups is 1. The molecule has 4 rings (SSSR count). The van der Waals surface area contributed by atoms with Crippen LogP contribution in [0.2, 0.25) is 0 Å². The molecule has 8 nitrogen and oxygen atoms in total. The van der Waals surface area contributed by atoms with E-state index in [0.717, 1.165) is 36.4 Å². The summed E-state index contributed by atoms with van der Waals surface area (Å²) in [5.41, 5.74) is 3.06. The van der Waals surface area contributed by atoms with E-state index in [1.807, 2.05) is 42.2 Å². The Morgan fingerprint density at radius 1 is 1.00 bits per heavy atom. The maximum atomic E-state index is 12.8. The molecule has 0 unspecified atom stereocenters. The monoisotopic (exact) mass is 378 g/mol. The number of ether oxygens (including phenoxy) is 1. The quantitative estimate of drug-likeness (QED) is 0.666. The summed E-state index contributed by atoms with van der Waals surface area (Å²) in [5.74, 6) is 0.581. The number of piperazine rings is 1. The summed E-state index contributed by atoms with van der Waals surface area (Å²) in [7, 11) is 0. The standard InChI is InChI=1S/C20H22N6O2/c1-15-2-5-19(24-23-15)28-13-12-25-8-10-26(11-9-25)20(27)16-3-4-17-18(14-16)22-7-6-21-17/h2-7,14H,8-13H2,1H3. The lowest BCUT2D eigenvalue weighted by Crippen LogP contribution is -2.49. The van der Waals surface area contributed by atoms with Gasteiger partial charge in [-0.3, -0.25) is 19.7 Å². The molecule has 0 saturated carbocycles. The predicted molar refractivity (Wildman–Crippen MR) is 104 cm³/mol. The van der Waals surface area contributed by atoms with E-state index in [0.29, 0.717) is 31.1 Å². The molecule has 3 aromatic rings. The maximum absolute atomic E-state index is 12.8. The van der Waals surface area contributed by atoms with Gasteiger partial charge in [0.05, 0.1) is 16.7 Å². The van der Waals surface area contributed by atoms with Crippen molar-refractivity contribution in [2.75, 3.05) is 39.3 Å². The van der Waals surface area contributed by atoms with Crippen LogP contribution >= 0.6 is 0 Å². The molecule has 1 aromatic carbocycles. The van der Waals surface area contributed by atoms with Crippen LogP contribution in [0.3, 0.4) is 0 Å². The van der Waals surface area contributed by atoms with E-state index in [-0.39, 0.29) is 5.91 Å². The fraction of sp³-hybridized carbons (Fsp3) is 0.350. The third kappa shape index (κ3) is 4.23. The summed E-state index contributed by atoms with van der Waals surface area (Å²) < 4.78 is 5.64. The number of amides is 1. The van der Waals surface area contributed by atoms with Crippen molar-refractivity contribution in [1.29, 1.82) is 0 Å². The van der Waals surface area contributed by atoms with Crippen molar-refractivity contribution in [3.8, 4) is 5.88 Å². The Balaban J connectivity index is 1.27. The topological polar surface area (TPSA) is 84.3 Å². The molecule has 1 saturated heterocycles. The fourth-order valence-electron chi connectivity index (χ4n) is 3.20. The molecule has 0 N–H and O–H groups in total. The average Bonchev–Trinajstić information content (AvgIpc) is 2.75. The van der Waals surface area contributed by atoms with Crippen molar-refractivity contribution in [1.82, 2.24) is 30.0 Å². The normalized spacial score (nSPS) is 15.0. The first-order valence-corrected chi connectivity index (χ1v) is 9.34. The van der Waals surface area contributed by atoms with Gasteiger partial charge in [0, 0.05) is 56.7 Å². The zero-order chi connectivity index (χ0) is 19.3. The highest BCUT2D eigenvalue weighted by Gasteiger charge is 2.22. The van der Waals surface area contributed by atoms with Gasteiger partial charge in [-0.1, -0.05) is 0 Å². The third-order valence-corrected chi connectivity index (χ3v) is 4.81. The summed E-state index contributed by atoms with van der Waals surface area (Å²) in [4.78, 5) is 25.5. The van der Waals surface area contributed by atoms with Crippen LogP contribution in [0.5, 0.6) is 5.88 Å². The maximum Gasteiger partial charge on any atom is 0.254 e. The van der Waals surface area contributed by atoms with Crippen LogP contribution in [0.25, 0.3) is 11.0 Å². The largest absolute Gasteiger partial charge is 0.475 e. The first-order valence-electron chi connectivity index (χ1n) is 9.34. The minimum Gasteiger partial charge on any atom is -0.475 e. The van der Waals surface area contributed by atoms with Crippen molar-refractivity contribution >= 4 is 16.9 Å². The number of aromatic nitrogens is 4. The van der Waals surface area contributed by atoms with Gasteiger partial charge in [0.25, 0.3) is 5.91 Å². The van der Waals surface area contributed by atoms with Crippen LogP contribution in [-0.2, 0) is 0 Å². The molecule has 8 heteroatoms. The molecule has 0 spiro atoms. The summed E-state index contributed by atoms with van der Waals surface area (Å²) in [6, 6.07) is 9.19. The molecule has 0 aliphatic carbocycles. The molecule has 1 aliphatic rings. The molecule has 28 heavy (non-hydrogen) atoms. The predicted octanol–water partition coefficient (Wildman–Crippen LogP) is 1.57. The first-order chi connectivity index (χ1) is 13.7. The van der Waals surface area contributed by atoms with Crippen LogP contribution < -0.4 is 4.74 Å². The molecule has 144 valence electrons. The Morgan fingerprint density at radius 2 is 1.79 bits per heavy atom. The first kappa shape index (κ1) is 18.2. The summed E-state index contributed by atoms with van der Waals surface area (Å²) in [5, 5.41) is 7.98. The number of nitrogens with zero attached hydrogens (tertiary/aromatic N) is 6. The zero-order valence-electron chi connectivity index (χ0n) is 15.8. The van der Waals surface area contributed by atoms with Crippen LogP contribution in [0.4, 0.5) is 0 Å². The van der Waals surface area contributed by atoms with Gasteiger partial charge in [0.2, 0.25) is 5.88 Å². The van der Waals surface area contributed by atoms with Gasteiger partial charge in [0.1, 0.15) is 6.61 Å². The lowest BCUT2D eigenvalue weighted by Gasteiger charge is -2.34. The van der Waals surface area contributed by atoms with E-state index in [4.69, 9.17) is 4.74 Å². The van der Waals surface area contributed by atoms with Crippen molar-refractivity contribution < 1.29 is 9.53 Å². The molecular formula is C20H22N6O2. The Morgan fingerprint density at radius 3 is 2.54 bits per heavy atom. The number of hydrogen-bond acceptors (Lipinski definition) is 7. The second kappa shape index (κ2) is 8.26. The van der Waals surface area contributed by atoms with Gasteiger partial charge >= 0.3 is 0 Å². The Kier molecular flexibility index (Phi) is 5.38. The number of carbonyl (C=O) groups excluding carboxylic acids is 1. The summed E-state index contributed by atoms with van der Waals surface area (Å²) in [6.45, 7) is 6.27. The minimum absolute atomic E-state index is 0.0402. The van der Waals surface area contributed by atoms with Crippen molar-refractivity contribution in [3.63, 3.8) is 0 Å². The highest BCUT2D eigenvalue weighted by atomic mass is 16.5. The van der Waals surface area contributed by atoms with E-state index in [1.165, 1.54) is 0 Å². The van der Waals surface area contributed by atoms with Gasteiger partial charge in [0.15, 0.2) is 0 Å². The molecule has 0 atom stereocenters. The molecule has 0 radical (unpaired) electrons. The number of rotatable bonds is 5. The fourth-order valence-corrected chi connectivity index (χ4v) is 3.20. The van der Waals surface area contributed by atoms with Crippen molar-refractivity contribution in [2.45, 2.75) is 6.92 Å². The Labute approximate surface area is 163 Å². The van der Waals surface area contributed by atoms with Gasteiger partial charge in [-0.05, 0) is 31.2 Å². The molecule has 2 aromatic heterocycles. The lowest BCUT2D eigenvalue weighted by molar-refractivity contribution is 0.0619. The molecule has 1 fully saturated rings. The van der Waals surface area contributed by atoms with E-state index < -0.39 is 0 Å². The van der Waals surface area contributed by atoms with Gasteiger partial charge in [-0.2, -0.15) is 5.10 Å². The number of benzene rings is 1. The van der Waals surface area contributed by atoms with Gasteiger partial charge in [-0.25, -0.2) is 0 Å². The van der Waals surface area contributed by atoms with Crippen LogP contribution in [-0.4, -0.2) is 75.2 Å². The summed E-state index contributed by atoms with van der Waals surface area (Å²) >= 11 is 0. The minimum atomic E-state index is 0.0402. The second-order valence-electron chi connectivity index (χ2n) is 6.76. The van der Waals surface area contributed by atoms with Crippen LogP contribution in [0, 0.1) is 6.92 Å². The number of hydrogen-bond donors (Lipinski definition) is 0. The Hall–Kier alpha value is -3.13. The zero-order valence-corrected chi connectivity index (χ0v) is 15.8. The second-order valence-corrected chi connectivity index (χ2v) is 6.76. The third-order valence-electron chi connectivity index (χ3n) is 4.81. The van der Waals surface area contributed by atoms with Gasteiger partial charge in [-0.15, -0.1) is 5.10 Å². The highest BCUT2D eigenvalue weighted by molar-refractivity contribution is 5.97. The van der Waals surface area contributed by atoms with E-state index >= 15 is 0 Å². The van der Waals surface area contributed by atoms with Crippen LogP contribution in [0.15, 0.2) is 42.7 Å². The van der Waals surface area contributed by atoms with Gasteiger partial charge < -0.3 is 9.64 Å². The van der Waals surface area contributed by atoms with E-state index in [1.54, 1.807) is 12.4 Å². The van der Waals surface area contributed by atoms with E-state index in [9.17, 15) is 4.79 Å². The molecular weight excluding hydrogens is 356 g/mol. The lowest BCUT2D eigenvalue weighted by atomic mass is 10.1. The summed E-state index contributed by atoms with van der Waals surface area (Å²) in [6.07, 6.45) is 3.29. The smallest absolute Gasteiger partial charge is 0.254 e. The van der Waals surface area contributed by atoms with Crippen LogP contribution in [0.1, 0.15) is 16.1 Å². The average molecular weight is 378 g/mol. The number of aryl methyl sites for hydroxylation is 1. The molecule has 3 heterocycles. The molecule has 0 bridgehead atoms. The highest BCUT2D eigenvalue weighted by Crippen LogP contribution is 2.14. The van der Waals surface area contributed by atoms with E-state index in [2.05, 4.69) is 25.1 Å². The number of fused-ring (bicyclic) bond motifs is 1. The van der Waals surface area contributed by atoms with Crippen molar-refractivity contribution in [2.24, 2.45) is 0 Å². The Bertz CT molecular complexity index is 954. The molecule has 1 aliphatic heterocycles. The SMILES string of the molecule is Cc1ccc(OCCN2CCN(C(=O)c3ccc4nccnc4c3)CC2)nn1.